The highest BCUT2D eigenvalue weighted by Crippen LogP contribution is 2.14. The number of esters is 3. The number of carbonyl (C=O) groups is 7. The molecule has 14 nitrogen and oxygen atoms in total. The monoisotopic (exact) mass is 656 g/mol. The van der Waals surface area contributed by atoms with Gasteiger partial charge in [-0.25, -0.2) is 0 Å². The van der Waals surface area contributed by atoms with Crippen LogP contribution in [0.1, 0.15) is 114 Å². The summed E-state index contributed by atoms with van der Waals surface area (Å²) in [6, 6.07) is -4.62. The van der Waals surface area contributed by atoms with Crippen LogP contribution in [-0.2, 0) is 47.8 Å². The van der Waals surface area contributed by atoms with Crippen LogP contribution < -0.4 is 21.3 Å². The summed E-state index contributed by atoms with van der Waals surface area (Å²) in [5.41, 5.74) is -2.36. The Morgan fingerprint density at radius 1 is 0.609 bits per heavy atom. The molecule has 0 radical (unpaired) electrons. The minimum absolute atomic E-state index is 0.170. The van der Waals surface area contributed by atoms with E-state index in [-0.39, 0.29) is 18.8 Å². The first-order valence-corrected chi connectivity index (χ1v) is 15.7. The maximum atomic E-state index is 13.5. The quantitative estimate of drug-likeness (QED) is 0.0729. The Labute approximate surface area is 273 Å². The van der Waals surface area contributed by atoms with E-state index in [2.05, 4.69) is 21.3 Å². The standard InChI is InChI=1S/C32H56N4O10/c1-12-20(19-37)34-28(42)22(17-25(39)45-31(5,6)7)36-29(43)23(18-26(40)46-32(8,9)10)35-27(41)21(33-11)15-13-14-16-24(38)44-30(2,3)4/h19-23,33H,12-18H2,1-11H3,(H,34,42)(H,35,41)(H,36,43). The fourth-order valence-corrected chi connectivity index (χ4v) is 4.00. The molecule has 3 amide bonds. The largest absolute Gasteiger partial charge is 0.460 e. The summed E-state index contributed by atoms with van der Waals surface area (Å²) in [5.74, 6) is -4.28. The molecule has 0 aromatic carbocycles. The summed E-state index contributed by atoms with van der Waals surface area (Å²) < 4.78 is 16.0. The van der Waals surface area contributed by atoms with Gasteiger partial charge in [-0.3, -0.25) is 28.8 Å². The van der Waals surface area contributed by atoms with E-state index in [0.717, 1.165) is 0 Å². The molecule has 14 heteroatoms. The van der Waals surface area contributed by atoms with Crippen LogP contribution in [0.5, 0.6) is 0 Å². The number of amides is 3. The van der Waals surface area contributed by atoms with Gasteiger partial charge in [0.05, 0.1) is 24.9 Å². The zero-order valence-electron chi connectivity index (χ0n) is 29.4. The van der Waals surface area contributed by atoms with Crippen molar-refractivity contribution in [1.82, 2.24) is 21.3 Å². The van der Waals surface area contributed by atoms with E-state index in [9.17, 15) is 33.6 Å². The number of nitrogens with one attached hydrogen (secondary N) is 4. The van der Waals surface area contributed by atoms with Gasteiger partial charge in [0.15, 0.2) is 0 Å². The van der Waals surface area contributed by atoms with Crippen molar-refractivity contribution in [2.75, 3.05) is 7.05 Å². The molecule has 264 valence electrons. The summed E-state index contributed by atoms with van der Waals surface area (Å²) in [7, 11) is 1.56. The van der Waals surface area contributed by atoms with Crippen LogP contribution in [0, 0.1) is 0 Å². The normalized spacial score (nSPS) is 14.5. The third-order valence-corrected chi connectivity index (χ3v) is 5.99. The highest BCUT2D eigenvalue weighted by molar-refractivity contribution is 5.96. The molecule has 0 saturated carbocycles. The molecule has 4 atom stereocenters. The molecule has 0 rings (SSSR count). The maximum absolute atomic E-state index is 13.5. The Morgan fingerprint density at radius 3 is 1.37 bits per heavy atom. The molecule has 0 fully saturated rings. The number of rotatable bonds is 18. The van der Waals surface area contributed by atoms with Crippen LogP contribution >= 0.6 is 0 Å². The summed E-state index contributed by atoms with van der Waals surface area (Å²) >= 11 is 0. The average Bonchev–Trinajstić information content (AvgIpc) is 2.87. The fraction of sp³-hybridized carbons (Fsp3) is 0.781. The van der Waals surface area contributed by atoms with Crippen molar-refractivity contribution in [3.8, 4) is 0 Å². The van der Waals surface area contributed by atoms with E-state index < -0.39 is 83.5 Å². The fourth-order valence-electron chi connectivity index (χ4n) is 4.00. The molecule has 46 heavy (non-hydrogen) atoms. The van der Waals surface area contributed by atoms with Crippen LogP contribution in [0.15, 0.2) is 0 Å². The molecule has 0 aliphatic heterocycles. The van der Waals surface area contributed by atoms with Crippen molar-refractivity contribution in [3.05, 3.63) is 0 Å². The second-order valence-electron chi connectivity index (χ2n) is 14.0. The van der Waals surface area contributed by atoms with Crippen LogP contribution in [0.4, 0.5) is 0 Å². The predicted molar refractivity (Wildman–Crippen MR) is 170 cm³/mol. The number of hydrogen-bond acceptors (Lipinski definition) is 11. The van der Waals surface area contributed by atoms with Gasteiger partial charge >= 0.3 is 17.9 Å². The maximum Gasteiger partial charge on any atom is 0.308 e. The van der Waals surface area contributed by atoms with Crippen molar-refractivity contribution < 1.29 is 47.8 Å². The third-order valence-electron chi connectivity index (χ3n) is 5.99. The van der Waals surface area contributed by atoms with E-state index in [4.69, 9.17) is 14.2 Å². The van der Waals surface area contributed by atoms with Crippen LogP contribution in [0.2, 0.25) is 0 Å². The molecule has 0 aliphatic carbocycles. The van der Waals surface area contributed by atoms with Crippen molar-refractivity contribution in [1.29, 1.82) is 0 Å². The van der Waals surface area contributed by atoms with E-state index in [1.165, 1.54) is 0 Å². The lowest BCUT2D eigenvalue weighted by Crippen LogP contribution is -2.58. The Bertz CT molecular complexity index is 1060. The lowest BCUT2D eigenvalue weighted by Gasteiger charge is -2.27. The summed E-state index contributed by atoms with van der Waals surface area (Å²) in [5, 5.41) is 10.3. The molecule has 4 unspecified atom stereocenters. The summed E-state index contributed by atoms with van der Waals surface area (Å²) in [6.45, 7) is 16.8. The van der Waals surface area contributed by atoms with Gasteiger partial charge in [0.1, 0.15) is 35.2 Å². The van der Waals surface area contributed by atoms with Crippen molar-refractivity contribution in [2.45, 2.75) is 155 Å². The number of likely N-dealkylation sites (N-methyl/N-ethyl adjacent to an activating group) is 1. The van der Waals surface area contributed by atoms with E-state index >= 15 is 0 Å². The highest BCUT2D eigenvalue weighted by Gasteiger charge is 2.34. The van der Waals surface area contributed by atoms with Gasteiger partial charge in [0, 0.05) is 6.42 Å². The van der Waals surface area contributed by atoms with Crippen LogP contribution in [0.25, 0.3) is 0 Å². The van der Waals surface area contributed by atoms with Gasteiger partial charge in [-0.05, 0) is 88.6 Å². The van der Waals surface area contributed by atoms with Crippen LogP contribution in [0.3, 0.4) is 0 Å². The smallest absolute Gasteiger partial charge is 0.308 e. The molecule has 0 aromatic heterocycles. The number of aldehydes is 1. The molecular formula is C32H56N4O10. The summed E-state index contributed by atoms with van der Waals surface area (Å²) in [4.78, 5) is 88.6. The van der Waals surface area contributed by atoms with Gasteiger partial charge in [0.2, 0.25) is 17.7 Å². The van der Waals surface area contributed by atoms with Gasteiger partial charge in [-0.2, -0.15) is 0 Å². The van der Waals surface area contributed by atoms with Crippen molar-refractivity contribution in [3.63, 3.8) is 0 Å². The third kappa shape index (κ3) is 19.8. The zero-order chi connectivity index (χ0) is 35.9. The minimum atomic E-state index is -1.48. The lowest BCUT2D eigenvalue weighted by molar-refractivity contribution is -0.158. The first-order chi connectivity index (χ1) is 21.0. The second-order valence-corrected chi connectivity index (χ2v) is 14.0. The first-order valence-electron chi connectivity index (χ1n) is 15.7. The van der Waals surface area contributed by atoms with Gasteiger partial charge in [-0.1, -0.05) is 13.3 Å². The SMILES string of the molecule is CCC(C=O)NC(=O)C(CC(=O)OC(C)(C)C)NC(=O)C(CC(=O)OC(C)(C)C)NC(=O)C(CCCCC(=O)OC(C)(C)C)NC. The molecule has 0 spiro atoms. The number of ether oxygens (including phenoxy) is 3. The lowest BCUT2D eigenvalue weighted by atomic mass is 10.1. The molecule has 0 bridgehead atoms. The molecule has 4 N–H and O–H groups in total. The second kappa shape index (κ2) is 19.2. The number of unbranched alkanes of at least 4 members (excludes halogenated alkanes) is 1. The Morgan fingerprint density at radius 2 is 1.00 bits per heavy atom. The zero-order valence-corrected chi connectivity index (χ0v) is 29.4. The molecular weight excluding hydrogens is 600 g/mol. The molecule has 0 saturated heterocycles. The first kappa shape index (κ1) is 42.4. The van der Waals surface area contributed by atoms with Crippen molar-refractivity contribution in [2.24, 2.45) is 0 Å². The Kier molecular flexibility index (Phi) is 17.7. The summed E-state index contributed by atoms with van der Waals surface area (Å²) in [6.07, 6.45) is 1.06. The highest BCUT2D eigenvalue weighted by atomic mass is 16.6. The average molecular weight is 657 g/mol. The molecule has 0 heterocycles. The Hall–Kier alpha value is -3.55. The van der Waals surface area contributed by atoms with Crippen molar-refractivity contribution >= 4 is 41.9 Å². The Balaban J connectivity index is 5.92. The van der Waals surface area contributed by atoms with Gasteiger partial charge in [0.25, 0.3) is 0 Å². The molecule has 0 aliphatic rings. The van der Waals surface area contributed by atoms with Crippen LogP contribution in [-0.4, -0.2) is 89.9 Å². The predicted octanol–water partition coefficient (Wildman–Crippen LogP) is 2.00. The topological polar surface area (TPSA) is 195 Å². The van der Waals surface area contributed by atoms with E-state index in [1.54, 1.807) is 76.3 Å². The van der Waals surface area contributed by atoms with Gasteiger partial charge < -0.3 is 40.3 Å². The minimum Gasteiger partial charge on any atom is -0.460 e. The van der Waals surface area contributed by atoms with E-state index in [0.29, 0.717) is 25.5 Å². The molecule has 0 aromatic rings. The number of carbonyl (C=O) groups excluding carboxylic acids is 7. The van der Waals surface area contributed by atoms with E-state index in [1.807, 2.05) is 0 Å². The number of hydrogen-bond donors (Lipinski definition) is 4. The van der Waals surface area contributed by atoms with Gasteiger partial charge in [-0.15, -0.1) is 0 Å².